The molecule has 1 aromatic rings. The highest BCUT2D eigenvalue weighted by molar-refractivity contribution is 4.98. The zero-order chi connectivity index (χ0) is 12.5. The molecule has 98 valence electrons. The lowest BCUT2D eigenvalue weighted by Gasteiger charge is -2.18. The van der Waals surface area contributed by atoms with Gasteiger partial charge < -0.3 is 19.2 Å². The topological polar surface area (TPSA) is 43.6 Å². The van der Waals surface area contributed by atoms with Gasteiger partial charge in [0.15, 0.2) is 0 Å². The van der Waals surface area contributed by atoms with Crippen LogP contribution in [-0.2, 0) is 15.9 Å². The summed E-state index contributed by atoms with van der Waals surface area (Å²) in [5.41, 5.74) is 0. The van der Waals surface area contributed by atoms with Crippen LogP contribution < -0.4 is 5.32 Å². The van der Waals surface area contributed by atoms with Crippen LogP contribution in [0.25, 0.3) is 0 Å². The molecule has 0 aliphatic rings. The number of nitrogens with one attached hydrogen (secondary N) is 1. The highest BCUT2D eigenvalue weighted by Crippen LogP contribution is 2.05. The van der Waals surface area contributed by atoms with Crippen LogP contribution in [0, 0.1) is 0 Å². The molecule has 0 bridgehead atoms. The predicted octanol–water partition coefficient (Wildman–Crippen LogP) is 1.85. The number of hydrogen-bond donors (Lipinski definition) is 1. The minimum Gasteiger partial charge on any atom is -0.469 e. The first-order valence-electron chi connectivity index (χ1n) is 6.03. The van der Waals surface area contributed by atoms with E-state index in [9.17, 15) is 0 Å². The van der Waals surface area contributed by atoms with Gasteiger partial charge in [0, 0.05) is 33.2 Å². The molecule has 1 rings (SSSR count). The van der Waals surface area contributed by atoms with Crippen LogP contribution in [-0.4, -0.2) is 39.5 Å². The summed E-state index contributed by atoms with van der Waals surface area (Å²) in [6.45, 7) is 3.60. The van der Waals surface area contributed by atoms with Crippen molar-refractivity contribution in [3.63, 3.8) is 0 Å². The molecule has 1 aromatic heterocycles. The molecule has 2 atom stereocenters. The first kappa shape index (κ1) is 14.2. The number of aryl methyl sites for hydroxylation is 1. The fourth-order valence-electron chi connectivity index (χ4n) is 1.64. The summed E-state index contributed by atoms with van der Waals surface area (Å²) in [6, 6.07) is 4.37. The van der Waals surface area contributed by atoms with Crippen molar-refractivity contribution in [3.8, 4) is 0 Å². The van der Waals surface area contributed by atoms with Crippen LogP contribution in [0.1, 0.15) is 19.1 Å². The first-order valence-corrected chi connectivity index (χ1v) is 6.03. The van der Waals surface area contributed by atoms with Gasteiger partial charge in [-0.25, -0.2) is 0 Å². The largest absolute Gasteiger partial charge is 0.469 e. The quantitative estimate of drug-likeness (QED) is 0.716. The van der Waals surface area contributed by atoms with E-state index in [0.29, 0.717) is 12.6 Å². The van der Waals surface area contributed by atoms with E-state index in [1.165, 1.54) is 0 Å². The summed E-state index contributed by atoms with van der Waals surface area (Å²) in [4.78, 5) is 0. The van der Waals surface area contributed by atoms with E-state index < -0.39 is 0 Å². The number of hydrogen-bond acceptors (Lipinski definition) is 4. The van der Waals surface area contributed by atoms with E-state index in [0.717, 1.165) is 25.1 Å². The predicted molar refractivity (Wildman–Crippen MR) is 67.2 cm³/mol. The molecule has 0 saturated heterocycles. The summed E-state index contributed by atoms with van der Waals surface area (Å²) in [5.74, 6) is 1.04. The SMILES string of the molecule is COCC(CNC(C)CCc1ccco1)OC. The lowest BCUT2D eigenvalue weighted by molar-refractivity contribution is 0.0275. The van der Waals surface area contributed by atoms with Gasteiger partial charge in [-0.1, -0.05) is 0 Å². The molecule has 0 aliphatic heterocycles. The fraction of sp³-hybridized carbons (Fsp3) is 0.692. The van der Waals surface area contributed by atoms with Gasteiger partial charge in [-0.3, -0.25) is 0 Å². The second-order valence-corrected chi connectivity index (χ2v) is 4.24. The van der Waals surface area contributed by atoms with E-state index >= 15 is 0 Å². The molecule has 0 radical (unpaired) electrons. The highest BCUT2D eigenvalue weighted by Gasteiger charge is 2.09. The van der Waals surface area contributed by atoms with E-state index in [4.69, 9.17) is 13.9 Å². The molecule has 0 saturated carbocycles. The van der Waals surface area contributed by atoms with Gasteiger partial charge in [-0.15, -0.1) is 0 Å². The molecule has 0 spiro atoms. The summed E-state index contributed by atoms with van der Waals surface area (Å²) < 4.78 is 15.6. The second-order valence-electron chi connectivity index (χ2n) is 4.24. The lowest BCUT2D eigenvalue weighted by Crippen LogP contribution is -2.37. The molecule has 4 nitrogen and oxygen atoms in total. The molecular weight excluding hydrogens is 218 g/mol. The van der Waals surface area contributed by atoms with Crippen molar-refractivity contribution in [3.05, 3.63) is 24.2 Å². The third-order valence-electron chi connectivity index (χ3n) is 2.78. The Morgan fingerprint density at radius 1 is 1.41 bits per heavy atom. The van der Waals surface area contributed by atoms with Crippen molar-refractivity contribution in [1.82, 2.24) is 5.32 Å². The van der Waals surface area contributed by atoms with Crippen molar-refractivity contribution < 1.29 is 13.9 Å². The molecule has 0 aliphatic carbocycles. The Hall–Kier alpha value is -0.840. The Kier molecular flexibility index (Phi) is 6.93. The summed E-state index contributed by atoms with van der Waals surface area (Å²) in [5, 5.41) is 3.43. The van der Waals surface area contributed by atoms with Crippen LogP contribution in [0.2, 0.25) is 0 Å². The molecule has 0 aromatic carbocycles. The van der Waals surface area contributed by atoms with Crippen molar-refractivity contribution in [2.75, 3.05) is 27.4 Å². The molecule has 2 unspecified atom stereocenters. The normalized spacial score (nSPS) is 14.8. The highest BCUT2D eigenvalue weighted by atomic mass is 16.5. The van der Waals surface area contributed by atoms with Crippen molar-refractivity contribution in [2.24, 2.45) is 0 Å². The Balaban J connectivity index is 2.13. The molecule has 1 N–H and O–H groups in total. The molecule has 0 amide bonds. The van der Waals surface area contributed by atoms with Gasteiger partial charge in [0.05, 0.1) is 19.0 Å². The Labute approximate surface area is 103 Å². The van der Waals surface area contributed by atoms with Crippen LogP contribution in [0.4, 0.5) is 0 Å². The smallest absolute Gasteiger partial charge is 0.103 e. The van der Waals surface area contributed by atoms with E-state index in [1.807, 2.05) is 12.1 Å². The van der Waals surface area contributed by atoms with Gasteiger partial charge >= 0.3 is 0 Å². The van der Waals surface area contributed by atoms with E-state index in [1.54, 1.807) is 20.5 Å². The van der Waals surface area contributed by atoms with E-state index in [2.05, 4.69) is 12.2 Å². The minimum atomic E-state index is 0.117. The van der Waals surface area contributed by atoms with Crippen LogP contribution in [0.15, 0.2) is 22.8 Å². The molecule has 17 heavy (non-hydrogen) atoms. The average Bonchev–Trinajstić information content (AvgIpc) is 2.85. The Morgan fingerprint density at radius 2 is 2.24 bits per heavy atom. The van der Waals surface area contributed by atoms with Gasteiger partial charge in [0.25, 0.3) is 0 Å². The zero-order valence-corrected chi connectivity index (χ0v) is 10.9. The number of furan rings is 1. The third kappa shape index (κ3) is 5.86. The first-order chi connectivity index (χ1) is 8.26. The Bertz CT molecular complexity index is 274. The summed E-state index contributed by atoms with van der Waals surface area (Å²) >= 11 is 0. The standard InChI is InChI=1S/C13H23NO3/c1-11(6-7-12-5-4-8-17-12)14-9-13(16-3)10-15-2/h4-5,8,11,13-14H,6-7,9-10H2,1-3H3. The van der Waals surface area contributed by atoms with Crippen molar-refractivity contribution in [2.45, 2.75) is 31.9 Å². The van der Waals surface area contributed by atoms with Crippen molar-refractivity contribution >= 4 is 0 Å². The Morgan fingerprint density at radius 3 is 2.82 bits per heavy atom. The minimum absolute atomic E-state index is 0.117. The van der Waals surface area contributed by atoms with Crippen LogP contribution in [0.5, 0.6) is 0 Å². The number of rotatable bonds is 9. The lowest BCUT2D eigenvalue weighted by atomic mass is 10.1. The van der Waals surface area contributed by atoms with Crippen molar-refractivity contribution in [1.29, 1.82) is 0 Å². The van der Waals surface area contributed by atoms with Gasteiger partial charge in [-0.2, -0.15) is 0 Å². The monoisotopic (exact) mass is 241 g/mol. The van der Waals surface area contributed by atoms with Crippen LogP contribution >= 0.6 is 0 Å². The van der Waals surface area contributed by atoms with Crippen LogP contribution in [0.3, 0.4) is 0 Å². The molecular formula is C13H23NO3. The number of methoxy groups -OCH3 is 2. The van der Waals surface area contributed by atoms with E-state index in [-0.39, 0.29) is 6.10 Å². The molecule has 0 fully saturated rings. The van der Waals surface area contributed by atoms with Gasteiger partial charge in [0.1, 0.15) is 5.76 Å². The molecule has 1 heterocycles. The molecule has 4 heteroatoms. The summed E-state index contributed by atoms with van der Waals surface area (Å²) in [7, 11) is 3.39. The second kappa shape index (κ2) is 8.28. The summed E-state index contributed by atoms with van der Waals surface area (Å²) in [6.07, 6.45) is 3.85. The average molecular weight is 241 g/mol. The fourth-order valence-corrected chi connectivity index (χ4v) is 1.64. The number of ether oxygens (including phenoxy) is 2. The maximum atomic E-state index is 5.30. The van der Waals surface area contributed by atoms with Gasteiger partial charge in [-0.05, 0) is 25.5 Å². The maximum absolute atomic E-state index is 5.30. The zero-order valence-electron chi connectivity index (χ0n) is 10.9. The van der Waals surface area contributed by atoms with Gasteiger partial charge in [0.2, 0.25) is 0 Å². The maximum Gasteiger partial charge on any atom is 0.103 e. The third-order valence-corrected chi connectivity index (χ3v) is 2.78.